The fraction of sp³-hybridized carbons (Fsp3) is 0.444. The van der Waals surface area contributed by atoms with E-state index in [1.807, 2.05) is 0 Å². The third-order valence-corrected chi connectivity index (χ3v) is 2.92. The topological polar surface area (TPSA) is 91.3 Å². The Kier molecular flexibility index (Phi) is 4.63. The zero-order chi connectivity index (χ0) is 12.1. The molecule has 0 fully saturated rings. The molecule has 2 N–H and O–H groups in total. The minimum absolute atomic E-state index is 0.0296. The number of halogens is 1. The van der Waals surface area contributed by atoms with Crippen molar-refractivity contribution in [3.8, 4) is 5.88 Å². The van der Waals surface area contributed by atoms with E-state index in [1.54, 1.807) is 6.92 Å². The van der Waals surface area contributed by atoms with E-state index in [-0.39, 0.29) is 5.69 Å². The van der Waals surface area contributed by atoms with Crippen LogP contribution in [0.5, 0.6) is 5.88 Å². The first-order valence-corrected chi connectivity index (χ1v) is 5.49. The zero-order valence-electron chi connectivity index (χ0n) is 8.77. The van der Waals surface area contributed by atoms with Gasteiger partial charge in [-0.15, -0.1) is 0 Å². The Labute approximate surface area is 101 Å². The van der Waals surface area contributed by atoms with Crippen LogP contribution in [0, 0.1) is 17.0 Å². The minimum atomic E-state index is -0.475. The summed E-state index contributed by atoms with van der Waals surface area (Å²) < 4.78 is 5.84. The highest BCUT2D eigenvalue weighted by atomic mass is 79.9. The summed E-state index contributed by atoms with van der Waals surface area (Å²) in [5.74, 6) is 0.358. The van der Waals surface area contributed by atoms with Gasteiger partial charge in [0.2, 0.25) is 5.88 Å². The Balaban J connectivity index is 2.89. The molecule has 0 aliphatic heterocycles. The quantitative estimate of drug-likeness (QED) is 0.507. The van der Waals surface area contributed by atoms with Crippen LogP contribution in [0.25, 0.3) is 0 Å². The molecular formula is C9H12BrN3O3. The summed E-state index contributed by atoms with van der Waals surface area (Å²) in [4.78, 5) is 14.0. The Hall–Kier alpha value is -1.21. The van der Waals surface area contributed by atoms with Gasteiger partial charge < -0.3 is 10.5 Å². The van der Waals surface area contributed by atoms with Gasteiger partial charge in [0.15, 0.2) is 0 Å². The monoisotopic (exact) mass is 289 g/mol. The van der Waals surface area contributed by atoms with Crippen LogP contribution >= 0.6 is 15.9 Å². The Morgan fingerprint density at radius 2 is 2.38 bits per heavy atom. The lowest BCUT2D eigenvalue weighted by Gasteiger charge is -2.08. The van der Waals surface area contributed by atoms with E-state index in [0.717, 1.165) is 0 Å². The van der Waals surface area contributed by atoms with Crippen LogP contribution in [0.3, 0.4) is 0 Å². The first kappa shape index (κ1) is 12.9. The number of rotatable bonds is 5. The van der Waals surface area contributed by atoms with Crippen molar-refractivity contribution in [2.24, 2.45) is 5.73 Å². The number of nitrogens with zero attached hydrogens (tertiary/aromatic N) is 2. The Bertz CT molecular complexity index is 398. The predicted octanol–water partition coefficient (Wildman–Crippen LogP) is 1.79. The molecule has 1 aromatic heterocycles. The maximum atomic E-state index is 10.6. The summed E-state index contributed by atoms with van der Waals surface area (Å²) in [6.07, 6.45) is 1.90. The molecule has 88 valence electrons. The number of ether oxygens (including phenoxy) is 1. The molecule has 1 rings (SSSR count). The van der Waals surface area contributed by atoms with Crippen LogP contribution < -0.4 is 10.5 Å². The maximum absolute atomic E-state index is 10.6. The van der Waals surface area contributed by atoms with Crippen molar-refractivity contribution in [3.63, 3.8) is 0 Å². The summed E-state index contributed by atoms with van der Waals surface area (Å²) in [5, 5.41) is 10.6. The molecule has 0 saturated carbocycles. The summed E-state index contributed by atoms with van der Waals surface area (Å²) in [6, 6.07) is 0. The van der Waals surface area contributed by atoms with Gasteiger partial charge in [0, 0.05) is 5.56 Å². The molecule has 6 nitrogen and oxygen atoms in total. The van der Waals surface area contributed by atoms with Crippen LogP contribution in [0.4, 0.5) is 5.69 Å². The van der Waals surface area contributed by atoms with Gasteiger partial charge in [0.25, 0.3) is 5.69 Å². The number of nitro groups is 1. The van der Waals surface area contributed by atoms with Crippen molar-refractivity contribution >= 4 is 21.6 Å². The largest absolute Gasteiger partial charge is 0.477 e. The zero-order valence-corrected chi connectivity index (χ0v) is 10.4. The minimum Gasteiger partial charge on any atom is -0.477 e. The number of nitrogens with two attached hydrogens (primary N) is 1. The molecule has 0 radical (unpaired) electrons. The molecule has 0 unspecified atom stereocenters. The van der Waals surface area contributed by atoms with Gasteiger partial charge in [-0.25, -0.2) is 4.98 Å². The maximum Gasteiger partial charge on any atom is 0.291 e. The van der Waals surface area contributed by atoms with Crippen molar-refractivity contribution in [1.29, 1.82) is 0 Å². The highest BCUT2D eigenvalue weighted by Gasteiger charge is 2.17. The van der Waals surface area contributed by atoms with Crippen molar-refractivity contribution in [3.05, 3.63) is 26.3 Å². The lowest BCUT2D eigenvalue weighted by Crippen LogP contribution is -2.07. The van der Waals surface area contributed by atoms with Crippen molar-refractivity contribution < 1.29 is 9.66 Å². The first-order chi connectivity index (χ1) is 7.57. The summed E-state index contributed by atoms with van der Waals surface area (Å²) >= 11 is 3.23. The van der Waals surface area contributed by atoms with E-state index in [2.05, 4.69) is 20.9 Å². The molecule has 0 aliphatic carbocycles. The van der Waals surface area contributed by atoms with Crippen LogP contribution in [-0.4, -0.2) is 23.1 Å². The number of hydrogen-bond acceptors (Lipinski definition) is 5. The first-order valence-electron chi connectivity index (χ1n) is 4.70. The molecule has 1 heterocycles. The average molecular weight is 290 g/mol. The number of pyridine rings is 1. The predicted molar refractivity (Wildman–Crippen MR) is 62.5 cm³/mol. The second-order valence-corrected chi connectivity index (χ2v) is 3.93. The lowest BCUT2D eigenvalue weighted by atomic mass is 10.2. The molecule has 0 saturated heterocycles. The second kappa shape index (κ2) is 5.76. The fourth-order valence-corrected chi connectivity index (χ4v) is 1.50. The summed E-state index contributed by atoms with van der Waals surface area (Å²) in [5.41, 5.74) is 5.80. The van der Waals surface area contributed by atoms with Crippen LogP contribution in [0.2, 0.25) is 0 Å². The molecular weight excluding hydrogens is 278 g/mol. The normalized spacial score (nSPS) is 10.2. The lowest BCUT2D eigenvalue weighted by molar-refractivity contribution is -0.385. The van der Waals surface area contributed by atoms with Crippen molar-refractivity contribution in [1.82, 2.24) is 4.98 Å². The highest BCUT2D eigenvalue weighted by molar-refractivity contribution is 9.10. The molecule has 0 aromatic carbocycles. The van der Waals surface area contributed by atoms with E-state index < -0.39 is 4.92 Å². The van der Waals surface area contributed by atoms with Crippen LogP contribution in [0.1, 0.15) is 12.0 Å². The van der Waals surface area contributed by atoms with Gasteiger partial charge in [-0.3, -0.25) is 10.1 Å². The van der Waals surface area contributed by atoms with E-state index >= 15 is 0 Å². The molecule has 0 aliphatic rings. The van der Waals surface area contributed by atoms with Gasteiger partial charge in [0.05, 0.1) is 16.0 Å². The van der Waals surface area contributed by atoms with Gasteiger partial charge in [-0.05, 0) is 35.8 Å². The second-order valence-electron chi connectivity index (χ2n) is 3.14. The van der Waals surface area contributed by atoms with Crippen molar-refractivity contribution in [2.75, 3.05) is 13.2 Å². The third-order valence-electron chi connectivity index (χ3n) is 1.99. The van der Waals surface area contributed by atoms with Gasteiger partial charge in [0.1, 0.15) is 6.20 Å². The molecule has 0 spiro atoms. The van der Waals surface area contributed by atoms with E-state index in [9.17, 15) is 10.1 Å². The van der Waals surface area contributed by atoms with Crippen LogP contribution in [-0.2, 0) is 0 Å². The van der Waals surface area contributed by atoms with Crippen molar-refractivity contribution in [2.45, 2.75) is 13.3 Å². The van der Waals surface area contributed by atoms with E-state index in [1.165, 1.54) is 6.20 Å². The molecule has 0 amide bonds. The van der Waals surface area contributed by atoms with E-state index in [4.69, 9.17) is 10.5 Å². The summed E-state index contributed by atoms with van der Waals surface area (Å²) in [7, 11) is 0. The van der Waals surface area contributed by atoms with Gasteiger partial charge in [-0.1, -0.05) is 0 Å². The van der Waals surface area contributed by atoms with Gasteiger partial charge >= 0.3 is 0 Å². The Morgan fingerprint density at radius 3 is 2.94 bits per heavy atom. The van der Waals surface area contributed by atoms with Gasteiger partial charge in [-0.2, -0.15) is 0 Å². The molecule has 0 atom stereocenters. The SMILES string of the molecule is Cc1c([N+](=O)[O-])cnc(OCCCN)c1Br. The van der Waals surface area contributed by atoms with Crippen LogP contribution in [0.15, 0.2) is 10.7 Å². The molecule has 1 aromatic rings. The van der Waals surface area contributed by atoms with E-state index in [0.29, 0.717) is 35.5 Å². The highest BCUT2D eigenvalue weighted by Crippen LogP contribution is 2.31. The molecule has 7 heteroatoms. The number of hydrogen-bond donors (Lipinski definition) is 1. The third kappa shape index (κ3) is 2.89. The fourth-order valence-electron chi connectivity index (χ4n) is 1.08. The molecule has 0 bridgehead atoms. The standard InChI is InChI=1S/C9H12BrN3O3/c1-6-7(13(14)15)5-12-9(8(6)10)16-4-2-3-11/h5H,2-4,11H2,1H3. The summed E-state index contributed by atoms with van der Waals surface area (Å²) in [6.45, 7) is 2.61. The molecule has 16 heavy (non-hydrogen) atoms. The number of aromatic nitrogens is 1. The average Bonchev–Trinajstić information content (AvgIpc) is 2.24. The smallest absolute Gasteiger partial charge is 0.291 e. The Morgan fingerprint density at radius 1 is 1.69 bits per heavy atom.